The smallest absolute Gasteiger partial charge is 0.183 e. The standard InChI is InChI=1S/C28H31N7O2S/c1-38(36,37)22-10-4-9-21-20(22)8-5-13-35(21)27-24-26(32-33-27)31-23(17-30-24)34-14-11-28(12-15-34)16-18-6-2-3-7-19(18)25(28)29/h2-4,6-7,9-10,17,25H,5,8,11-16,29H2,1H3,(H,31,32,33)/t25-/m1/s1. The van der Waals surface area contributed by atoms with Gasteiger partial charge in [-0.15, -0.1) is 0 Å². The second kappa shape index (κ2) is 8.51. The Morgan fingerprint density at radius 2 is 1.89 bits per heavy atom. The predicted octanol–water partition coefficient (Wildman–Crippen LogP) is 3.68. The Balaban J connectivity index is 1.15. The summed E-state index contributed by atoms with van der Waals surface area (Å²) in [5.74, 6) is 1.52. The van der Waals surface area contributed by atoms with Crippen LogP contribution in [0.25, 0.3) is 11.2 Å². The van der Waals surface area contributed by atoms with Crippen molar-refractivity contribution in [2.24, 2.45) is 11.1 Å². The predicted molar refractivity (Wildman–Crippen MR) is 148 cm³/mol. The molecule has 3 N–H and O–H groups in total. The SMILES string of the molecule is CS(=O)(=O)c1cccc2c1CCCN2c1n[nH]c2nc(N3CCC4(CC3)Cc3ccccc3[C@H]4N)cnc12. The van der Waals surface area contributed by atoms with E-state index in [1.54, 1.807) is 12.1 Å². The highest BCUT2D eigenvalue weighted by Gasteiger charge is 2.46. The van der Waals surface area contributed by atoms with Crippen LogP contribution in [0.15, 0.2) is 53.6 Å². The van der Waals surface area contributed by atoms with Crippen LogP contribution in [-0.4, -0.2) is 54.5 Å². The normalized spacial score (nSPS) is 20.6. The molecular weight excluding hydrogens is 498 g/mol. The molecule has 0 saturated carbocycles. The molecule has 3 aliphatic rings. The summed E-state index contributed by atoms with van der Waals surface area (Å²) in [4.78, 5) is 14.4. The van der Waals surface area contributed by atoms with Gasteiger partial charge in [0.2, 0.25) is 0 Å². The van der Waals surface area contributed by atoms with E-state index in [0.29, 0.717) is 21.9 Å². The van der Waals surface area contributed by atoms with Crippen LogP contribution in [0.2, 0.25) is 0 Å². The summed E-state index contributed by atoms with van der Waals surface area (Å²) in [6, 6.07) is 14.1. The van der Waals surface area contributed by atoms with Crippen molar-refractivity contribution in [3.63, 3.8) is 0 Å². The summed E-state index contributed by atoms with van der Waals surface area (Å²) in [7, 11) is -3.32. The molecule has 7 rings (SSSR count). The molecule has 0 radical (unpaired) electrons. The van der Waals surface area contributed by atoms with Gasteiger partial charge < -0.3 is 15.5 Å². The number of aromatic amines is 1. The number of aromatic nitrogens is 4. The van der Waals surface area contributed by atoms with E-state index in [9.17, 15) is 8.42 Å². The molecule has 9 nitrogen and oxygen atoms in total. The number of rotatable bonds is 3. The number of fused-ring (bicyclic) bond motifs is 3. The highest BCUT2D eigenvalue weighted by atomic mass is 32.2. The highest BCUT2D eigenvalue weighted by molar-refractivity contribution is 7.90. The quantitative estimate of drug-likeness (QED) is 0.412. The van der Waals surface area contributed by atoms with E-state index in [4.69, 9.17) is 15.7 Å². The van der Waals surface area contributed by atoms with E-state index in [1.807, 2.05) is 12.3 Å². The van der Waals surface area contributed by atoms with Crippen molar-refractivity contribution in [2.45, 2.75) is 43.0 Å². The highest BCUT2D eigenvalue weighted by Crippen LogP contribution is 2.51. The maximum Gasteiger partial charge on any atom is 0.183 e. The number of H-pyrrole nitrogens is 1. The minimum absolute atomic E-state index is 0.0835. The molecule has 10 heteroatoms. The lowest BCUT2D eigenvalue weighted by Crippen LogP contribution is -2.44. The lowest BCUT2D eigenvalue weighted by Gasteiger charge is -2.42. The average molecular weight is 530 g/mol. The van der Waals surface area contributed by atoms with Gasteiger partial charge in [0.1, 0.15) is 5.82 Å². The Labute approximate surface area is 222 Å². The summed E-state index contributed by atoms with van der Waals surface area (Å²) >= 11 is 0. The Morgan fingerprint density at radius 1 is 1.08 bits per heavy atom. The van der Waals surface area contributed by atoms with Gasteiger partial charge in [0, 0.05) is 37.6 Å². The van der Waals surface area contributed by atoms with E-state index in [2.05, 4.69) is 44.3 Å². The van der Waals surface area contributed by atoms with Crippen molar-refractivity contribution < 1.29 is 8.42 Å². The number of hydrogen-bond donors (Lipinski definition) is 2. The summed E-state index contributed by atoms with van der Waals surface area (Å²) in [5.41, 5.74) is 12.6. The van der Waals surface area contributed by atoms with E-state index in [1.165, 1.54) is 17.4 Å². The zero-order chi connectivity index (χ0) is 26.1. The Bertz CT molecular complexity index is 1660. The van der Waals surface area contributed by atoms with Crippen LogP contribution < -0.4 is 15.5 Å². The molecule has 0 bridgehead atoms. The minimum atomic E-state index is -3.32. The number of hydrogen-bond acceptors (Lipinski definition) is 8. The number of sulfone groups is 1. The molecular formula is C28H31N7O2S. The van der Waals surface area contributed by atoms with Crippen molar-refractivity contribution in [2.75, 3.05) is 35.7 Å². The van der Waals surface area contributed by atoms with Gasteiger partial charge in [-0.05, 0) is 66.3 Å². The zero-order valence-corrected chi connectivity index (χ0v) is 22.2. The fourth-order valence-electron chi connectivity index (χ4n) is 6.77. The van der Waals surface area contributed by atoms with E-state index in [0.717, 1.165) is 68.8 Å². The van der Waals surface area contributed by atoms with Crippen molar-refractivity contribution in [1.82, 2.24) is 20.2 Å². The number of nitrogens with zero attached hydrogens (tertiary/aromatic N) is 5. The summed E-state index contributed by atoms with van der Waals surface area (Å²) in [6.07, 6.45) is 7.74. The van der Waals surface area contributed by atoms with Gasteiger partial charge >= 0.3 is 0 Å². The van der Waals surface area contributed by atoms with Crippen molar-refractivity contribution in [3.8, 4) is 0 Å². The van der Waals surface area contributed by atoms with Crippen molar-refractivity contribution in [3.05, 3.63) is 65.4 Å². The third-order valence-corrected chi connectivity index (χ3v) is 9.96. The molecule has 2 aromatic carbocycles. The molecule has 2 aromatic heterocycles. The largest absolute Gasteiger partial charge is 0.355 e. The first-order valence-electron chi connectivity index (χ1n) is 13.2. The molecule has 38 heavy (non-hydrogen) atoms. The molecule has 1 spiro atoms. The van der Waals surface area contributed by atoms with E-state index >= 15 is 0 Å². The third kappa shape index (κ3) is 3.61. The summed E-state index contributed by atoms with van der Waals surface area (Å²) in [5, 5.41) is 7.66. The Kier molecular flexibility index (Phi) is 5.28. The summed E-state index contributed by atoms with van der Waals surface area (Å²) < 4.78 is 24.8. The second-order valence-corrected chi connectivity index (χ2v) is 12.9. The van der Waals surface area contributed by atoms with Gasteiger partial charge in [-0.25, -0.2) is 18.4 Å². The molecule has 2 aliphatic heterocycles. The fraction of sp³-hybridized carbons (Fsp3) is 0.393. The minimum Gasteiger partial charge on any atom is -0.355 e. The third-order valence-electron chi connectivity index (χ3n) is 8.78. The van der Waals surface area contributed by atoms with Crippen LogP contribution in [0.3, 0.4) is 0 Å². The van der Waals surface area contributed by atoms with Crippen LogP contribution in [0.1, 0.15) is 42.0 Å². The molecule has 0 amide bonds. The molecule has 1 aliphatic carbocycles. The topological polar surface area (TPSA) is 121 Å². The van der Waals surface area contributed by atoms with Crippen molar-refractivity contribution in [1.29, 1.82) is 0 Å². The first-order valence-corrected chi connectivity index (χ1v) is 15.1. The van der Waals surface area contributed by atoms with Crippen LogP contribution in [0.5, 0.6) is 0 Å². The van der Waals surface area contributed by atoms with Gasteiger partial charge in [0.05, 0.1) is 11.1 Å². The van der Waals surface area contributed by atoms with E-state index < -0.39 is 9.84 Å². The van der Waals surface area contributed by atoms with Crippen LogP contribution in [-0.2, 0) is 22.7 Å². The first kappa shape index (κ1) is 23.6. The lowest BCUT2D eigenvalue weighted by molar-refractivity contribution is 0.187. The average Bonchev–Trinajstić information content (AvgIpc) is 3.46. The zero-order valence-electron chi connectivity index (χ0n) is 21.4. The number of benzene rings is 2. The van der Waals surface area contributed by atoms with Crippen molar-refractivity contribution >= 4 is 38.3 Å². The maximum atomic E-state index is 12.4. The monoisotopic (exact) mass is 529 g/mol. The Morgan fingerprint density at radius 3 is 2.68 bits per heavy atom. The van der Waals surface area contributed by atoms with E-state index in [-0.39, 0.29) is 11.5 Å². The fourth-order valence-corrected chi connectivity index (χ4v) is 7.75. The van der Waals surface area contributed by atoms with Gasteiger partial charge in [-0.2, -0.15) is 5.10 Å². The van der Waals surface area contributed by atoms with Gasteiger partial charge in [-0.3, -0.25) is 5.10 Å². The maximum absolute atomic E-state index is 12.4. The molecule has 4 aromatic rings. The molecule has 1 fully saturated rings. The first-order chi connectivity index (χ1) is 18.3. The molecule has 196 valence electrons. The summed E-state index contributed by atoms with van der Waals surface area (Å²) in [6.45, 7) is 2.51. The molecule has 4 heterocycles. The number of nitrogens with two attached hydrogens (primary N) is 1. The van der Waals surface area contributed by atoms with Gasteiger partial charge in [0.15, 0.2) is 26.8 Å². The van der Waals surface area contributed by atoms with Gasteiger partial charge in [0.25, 0.3) is 0 Å². The van der Waals surface area contributed by atoms with Crippen LogP contribution in [0.4, 0.5) is 17.3 Å². The molecule has 1 saturated heterocycles. The Hall–Kier alpha value is -3.50. The number of piperidine rings is 1. The second-order valence-electron chi connectivity index (χ2n) is 11.0. The van der Waals surface area contributed by atoms with Crippen LogP contribution in [0, 0.1) is 5.41 Å². The number of anilines is 3. The van der Waals surface area contributed by atoms with Gasteiger partial charge in [-0.1, -0.05) is 30.3 Å². The lowest BCUT2D eigenvalue weighted by atomic mass is 9.73. The van der Waals surface area contributed by atoms with Crippen LogP contribution >= 0.6 is 0 Å². The molecule has 0 unspecified atom stereocenters. The molecule has 1 atom stereocenters. The number of nitrogens with one attached hydrogen (secondary N) is 1.